The fourth-order valence-electron chi connectivity index (χ4n) is 2.29. The number of likely N-dealkylation sites (tertiary alicyclic amines) is 1. The zero-order valence-electron chi connectivity index (χ0n) is 10.2. The average molecular weight is 299 g/mol. The number of rotatable bonds is 4. The van der Waals surface area contributed by atoms with Gasteiger partial charge in [0.05, 0.1) is 6.61 Å². The van der Waals surface area contributed by atoms with E-state index in [0.29, 0.717) is 6.04 Å². The van der Waals surface area contributed by atoms with Crippen LogP contribution < -0.4 is 4.74 Å². The zero-order valence-corrected chi connectivity index (χ0v) is 11.8. The van der Waals surface area contributed by atoms with Gasteiger partial charge in [-0.2, -0.15) is 0 Å². The minimum atomic E-state index is 0.680. The number of hydrogen-bond donors (Lipinski definition) is 0. The lowest BCUT2D eigenvalue weighted by Gasteiger charge is -2.32. The lowest BCUT2D eigenvalue weighted by Crippen LogP contribution is -2.37. The molecule has 0 aromatic carbocycles. The highest BCUT2D eigenvalue weighted by molar-refractivity contribution is 9.10. The Morgan fingerprint density at radius 3 is 3.18 bits per heavy atom. The van der Waals surface area contributed by atoms with Gasteiger partial charge in [-0.05, 0) is 60.9 Å². The van der Waals surface area contributed by atoms with Crippen LogP contribution in [0.25, 0.3) is 0 Å². The summed E-state index contributed by atoms with van der Waals surface area (Å²) in [4.78, 5) is 6.59. The van der Waals surface area contributed by atoms with Crippen molar-refractivity contribution in [3.8, 4) is 5.75 Å². The highest BCUT2D eigenvalue weighted by Gasteiger charge is 2.18. The first-order chi connectivity index (χ1) is 8.27. The Bertz CT molecular complexity index is 359. The Labute approximate surface area is 111 Å². The third-order valence-electron chi connectivity index (χ3n) is 3.36. The van der Waals surface area contributed by atoms with Gasteiger partial charge >= 0.3 is 0 Å². The second-order valence-electron chi connectivity index (χ2n) is 4.56. The van der Waals surface area contributed by atoms with Crippen LogP contribution in [-0.4, -0.2) is 36.1 Å². The summed E-state index contributed by atoms with van der Waals surface area (Å²) >= 11 is 3.39. The van der Waals surface area contributed by atoms with Crippen LogP contribution in [0, 0.1) is 0 Å². The predicted octanol–water partition coefficient (Wildman–Crippen LogP) is 3.10. The minimum Gasteiger partial charge on any atom is -0.491 e. The molecular weight excluding hydrogens is 280 g/mol. The quantitative estimate of drug-likeness (QED) is 0.799. The molecule has 0 bridgehead atoms. The van der Waals surface area contributed by atoms with Gasteiger partial charge in [0.15, 0.2) is 5.75 Å². The van der Waals surface area contributed by atoms with E-state index in [9.17, 15) is 0 Å². The molecule has 17 heavy (non-hydrogen) atoms. The normalized spacial score (nSPS) is 21.4. The van der Waals surface area contributed by atoms with E-state index in [1.165, 1.54) is 25.8 Å². The molecule has 0 amide bonds. The van der Waals surface area contributed by atoms with Crippen molar-refractivity contribution in [2.75, 3.05) is 20.2 Å². The van der Waals surface area contributed by atoms with Crippen LogP contribution in [0.2, 0.25) is 0 Å². The Balaban J connectivity index is 1.77. The molecule has 1 saturated heterocycles. The van der Waals surface area contributed by atoms with E-state index in [1.54, 1.807) is 6.20 Å². The summed E-state index contributed by atoms with van der Waals surface area (Å²) in [5.74, 6) is 0.839. The highest BCUT2D eigenvalue weighted by atomic mass is 79.9. The molecule has 0 spiro atoms. The van der Waals surface area contributed by atoms with Crippen LogP contribution >= 0.6 is 15.9 Å². The van der Waals surface area contributed by atoms with Crippen LogP contribution in [0.4, 0.5) is 0 Å². The first-order valence-corrected chi connectivity index (χ1v) is 7.00. The summed E-state index contributed by atoms with van der Waals surface area (Å²) in [6, 6.07) is 4.52. The summed E-state index contributed by atoms with van der Waals surface area (Å²) in [6.45, 7) is 1.99. The molecular formula is C13H19BrN2O. The molecule has 4 heteroatoms. The van der Waals surface area contributed by atoms with Crippen molar-refractivity contribution in [2.45, 2.75) is 31.7 Å². The molecule has 1 atom stereocenters. The number of nitrogens with zero attached hydrogens (tertiary/aromatic N) is 2. The van der Waals surface area contributed by atoms with Crippen molar-refractivity contribution in [3.05, 3.63) is 22.9 Å². The number of ether oxygens (including phenoxy) is 1. The van der Waals surface area contributed by atoms with Gasteiger partial charge in [-0.15, -0.1) is 0 Å². The topological polar surface area (TPSA) is 25.4 Å². The zero-order chi connectivity index (χ0) is 12.1. The molecule has 3 nitrogen and oxygen atoms in total. The summed E-state index contributed by atoms with van der Waals surface area (Å²) in [5.41, 5.74) is 0. The van der Waals surface area contributed by atoms with Gasteiger partial charge in [0.1, 0.15) is 4.60 Å². The number of hydrogen-bond acceptors (Lipinski definition) is 3. The molecule has 94 valence electrons. The third-order valence-corrected chi connectivity index (χ3v) is 3.95. The monoisotopic (exact) mass is 298 g/mol. The van der Waals surface area contributed by atoms with Crippen LogP contribution in [0.15, 0.2) is 22.9 Å². The Kier molecular flexibility index (Phi) is 4.80. The molecule has 2 heterocycles. The second-order valence-corrected chi connectivity index (χ2v) is 5.31. The predicted molar refractivity (Wildman–Crippen MR) is 72.3 cm³/mol. The SMILES string of the molecule is CN1CCCCC1CCOc1cccnc1Br. The van der Waals surface area contributed by atoms with Crippen molar-refractivity contribution in [3.63, 3.8) is 0 Å². The molecule has 1 aromatic heterocycles. The van der Waals surface area contributed by atoms with E-state index in [1.807, 2.05) is 12.1 Å². The summed E-state index contributed by atoms with van der Waals surface area (Å²) in [5, 5.41) is 0. The Morgan fingerprint density at radius 1 is 1.53 bits per heavy atom. The van der Waals surface area contributed by atoms with E-state index in [-0.39, 0.29) is 0 Å². The standard InChI is InChI=1S/C13H19BrN2O/c1-16-9-3-2-5-11(16)7-10-17-12-6-4-8-15-13(12)14/h4,6,8,11H,2-3,5,7,9-10H2,1H3. The highest BCUT2D eigenvalue weighted by Crippen LogP contribution is 2.22. The fraction of sp³-hybridized carbons (Fsp3) is 0.615. The van der Waals surface area contributed by atoms with Gasteiger partial charge < -0.3 is 9.64 Å². The third kappa shape index (κ3) is 3.68. The molecule has 0 radical (unpaired) electrons. The lowest BCUT2D eigenvalue weighted by atomic mass is 10.0. The molecule has 1 unspecified atom stereocenters. The van der Waals surface area contributed by atoms with Gasteiger partial charge in [-0.25, -0.2) is 4.98 Å². The van der Waals surface area contributed by atoms with E-state index >= 15 is 0 Å². The van der Waals surface area contributed by atoms with E-state index in [4.69, 9.17) is 4.74 Å². The molecule has 1 fully saturated rings. The van der Waals surface area contributed by atoms with Crippen molar-refractivity contribution in [1.82, 2.24) is 9.88 Å². The van der Waals surface area contributed by atoms with Crippen molar-refractivity contribution >= 4 is 15.9 Å². The second kappa shape index (κ2) is 6.36. The average Bonchev–Trinajstić information content (AvgIpc) is 2.34. The molecule has 1 aliphatic heterocycles. The first kappa shape index (κ1) is 12.8. The number of pyridine rings is 1. The maximum atomic E-state index is 5.75. The summed E-state index contributed by atoms with van der Waals surface area (Å²) in [6.07, 6.45) is 6.84. The Hall–Kier alpha value is -0.610. The van der Waals surface area contributed by atoms with E-state index < -0.39 is 0 Å². The molecule has 0 saturated carbocycles. The Morgan fingerprint density at radius 2 is 2.41 bits per heavy atom. The molecule has 1 aromatic rings. The largest absolute Gasteiger partial charge is 0.491 e. The van der Waals surface area contributed by atoms with Gasteiger partial charge in [0, 0.05) is 12.2 Å². The summed E-state index contributed by atoms with van der Waals surface area (Å²) in [7, 11) is 2.21. The van der Waals surface area contributed by atoms with Gasteiger partial charge in [-0.1, -0.05) is 6.42 Å². The number of aromatic nitrogens is 1. The fourth-order valence-corrected chi connectivity index (χ4v) is 2.66. The van der Waals surface area contributed by atoms with E-state index in [2.05, 4.69) is 32.9 Å². The van der Waals surface area contributed by atoms with E-state index in [0.717, 1.165) is 23.4 Å². The van der Waals surface area contributed by atoms with Crippen LogP contribution in [0.1, 0.15) is 25.7 Å². The van der Waals surface area contributed by atoms with Crippen LogP contribution in [0.5, 0.6) is 5.75 Å². The van der Waals surface area contributed by atoms with Crippen LogP contribution in [0.3, 0.4) is 0 Å². The smallest absolute Gasteiger partial charge is 0.152 e. The van der Waals surface area contributed by atoms with Crippen LogP contribution in [-0.2, 0) is 0 Å². The van der Waals surface area contributed by atoms with Crippen molar-refractivity contribution in [2.24, 2.45) is 0 Å². The van der Waals surface area contributed by atoms with Gasteiger partial charge in [0.25, 0.3) is 0 Å². The van der Waals surface area contributed by atoms with Gasteiger partial charge in [-0.3, -0.25) is 0 Å². The molecule has 2 rings (SSSR count). The lowest BCUT2D eigenvalue weighted by molar-refractivity contribution is 0.152. The van der Waals surface area contributed by atoms with Crippen molar-refractivity contribution in [1.29, 1.82) is 0 Å². The maximum absolute atomic E-state index is 5.75. The van der Waals surface area contributed by atoms with Gasteiger partial charge in [0.2, 0.25) is 0 Å². The minimum absolute atomic E-state index is 0.680. The first-order valence-electron chi connectivity index (χ1n) is 6.21. The number of piperidine rings is 1. The molecule has 1 aliphatic rings. The van der Waals surface area contributed by atoms with Crippen molar-refractivity contribution < 1.29 is 4.74 Å². The maximum Gasteiger partial charge on any atom is 0.152 e. The number of halogens is 1. The molecule has 0 aliphatic carbocycles. The molecule has 0 N–H and O–H groups in total. The summed E-state index contributed by atoms with van der Waals surface area (Å²) < 4.78 is 6.54.